The number of benzene rings is 4. The number of Topliss-reactive ketones (excluding diaryl/α,β-unsaturated/α-hetero) is 2. The minimum Gasteiger partial charge on any atom is -0.341 e. The molecule has 54 heavy (non-hydrogen) atoms. The Bertz CT molecular complexity index is 2260. The van der Waals surface area contributed by atoms with Crippen molar-refractivity contribution in [1.82, 2.24) is 5.32 Å². The third-order valence-electron chi connectivity index (χ3n) is 7.27. The number of hydrogen-bond donors (Lipinski definition) is 2. The SMILES string of the molecule is CS(=O)(=O)N(Cc1ccc(C(=O)CN)cc1F)c1ccccc1Cl.CS(=O)(=O)N(Cc1ccc(C(=O)CNC(=O)C(F)(F)F)cc1F)c1ccccc1Cl. The lowest BCUT2D eigenvalue weighted by atomic mass is 10.1. The van der Waals surface area contributed by atoms with Gasteiger partial charge in [0.1, 0.15) is 11.6 Å². The first-order valence-corrected chi connectivity index (χ1v) is 19.6. The van der Waals surface area contributed by atoms with Crippen molar-refractivity contribution in [3.63, 3.8) is 0 Å². The Balaban J connectivity index is 0.000000297. The molecule has 0 saturated heterocycles. The van der Waals surface area contributed by atoms with Crippen LogP contribution >= 0.6 is 23.2 Å². The van der Waals surface area contributed by atoms with E-state index in [-0.39, 0.29) is 56.8 Å². The van der Waals surface area contributed by atoms with E-state index < -0.39 is 68.4 Å². The normalized spacial score (nSPS) is 11.6. The van der Waals surface area contributed by atoms with Crippen LogP contribution in [0.3, 0.4) is 0 Å². The summed E-state index contributed by atoms with van der Waals surface area (Å²) in [4.78, 5) is 34.2. The van der Waals surface area contributed by atoms with Gasteiger partial charge in [-0.25, -0.2) is 25.6 Å². The quantitative estimate of drug-likeness (QED) is 0.124. The van der Waals surface area contributed by atoms with E-state index in [1.54, 1.807) is 30.3 Å². The highest BCUT2D eigenvalue weighted by molar-refractivity contribution is 7.92. The molecule has 0 fully saturated rings. The molecule has 0 aromatic heterocycles. The second-order valence-electron chi connectivity index (χ2n) is 11.3. The van der Waals surface area contributed by atoms with Gasteiger partial charge in [0.05, 0.1) is 60.1 Å². The Morgan fingerprint density at radius 3 is 1.41 bits per heavy atom. The fourth-order valence-corrected chi connectivity index (χ4v) is 6.91. The lowest BCUT2D eigenvalue weighted by Crippen LogP contribution is -2.39. The lowest BCUT2D eigenvalue weighted by Gasteiger charge is -2.23. The van der Waals surface area contributed by atoms with Crippen molar-refractivity contribution in [3.8, 4) is 0 Å². The molecule has 0 radical (unpaired) electrons. The highest BCUT2D eigenvalue weighted by atomic mass is 35.5. The summed E-state index contributed by atoms with van der Waals surface area (Å²) in [5.41, 5.74) is 5.49. The number of alkyl halides is 3. The first-order valence-electron chi connectivity index (χ1n) is 15.2. The van der Waals surface area contributed by atoms with E-state index in [0.29, 0.717) is 0 Å². The number of nitrogens with two attached hydrogens (primary N) is 1. The minimum absolute atomic E-state index is 0.101. The van der Waals surface area contributed by atoms with E-state index in [1.807, 2.05) is 0 Å². The summed E-state index contributed by atoms with van der Waals surface area (Å²) < 4.78 is 116. The molecule has 0 unspecified atom stereocenters. The molecule has 0 spiro atoms. The summed E-state index contributed by atoms with van der Waals surface area (Å²) in [5.74, 6) is -5.29. The van der Waals surface area contributed by atoms with Gasteiger partial charge in [-0.2, -0.15) is 13.2 Å². The summed E-state index contributed by atoms with van der Waals surface area (Å²) in [6.45, 7) is -1.89. The summed E-state index contributed by atoms with van der Waals surface area (Å²) in [6.07, 6.45) is -3.22. The lowest BCUT2D eigenvalue weighted by molar-refractivity contribution is -0.173. The largest absolute Gasteiger partial charge is 0.471 e. The van der Waals surface area contributed by atoms with Gasteiger partial charge < -0.3 is 11.1 Å². The number of hydrogen-bond acceptors (Lipinski definition) is 8. The maximum atomic E-state index is 14.5. The molecular formula is C34H31Cl2F5N4O7S2. The Morgan fingerprint density at radius 1 is 0.685 bits per heavy atom. The molecule has 11 nitrogen and oxygen atoms in total. The summed E-state index contributed by atoms with van der Waals surface area (Å²) in [5, 5.41) is 1.75. The molecule has 0 bridgehead atoms. The first-order chi connectivity index (χ1) is 25.0. The molecule has 20 heteroatoms. The van der Waals surface area contributed by atoms with Crippen molar-refractivity contribution in [2.24, 2.45) is 5.73 Å². The van der Waals surface area contributed by atoms with Crippen LogP contribution < -0.4 is 19.7 Å². The smallest absolute Gasteiger partial charge is 0.341 e. The van der Waals surface area contributed by atoms with Crippen LogP contribution in [0.4, 0.5) is 33.3 Å². The monoisotopic (exact) mass is 836 g/mol. The Kier molecular flexibility index (Phi) is 14.7. The van der Waals surface area contributed by atoms with Crippen molar-refractivity contribution in [2.45, 2.75) is 19.3 Å². The van der Waals surface area contributed by atoms with Crippen LogP contribution in [0.2, 0.25) is 10.0 Å². The van der Waals surface area contributed by atoms with Gasteiger partial charge in [-0.15, -0.1) is 0 Å². The zero-order chi connectivity index (χ0) is 40.6. The van der Waals surface area contributed by atoms with Crippen LogP contribution in [-0.4, -0.2) is 66.1 Å². The standard InChI is InChI=1S/C18H15ClF4N2O4S.C16H16ClFN2O3S/c1-30(28,29)25(15-5-3-2-4-13(15)19)10-12-7-6-11(8-14(12)20)16(26)9-24-17(27)18(21,22)23;1-24(22,23)20(15-5-3-2-4-13(15)17)10-12-7-6-11(8-14(12)18)16(21)9-19/h2-8H,9-10H2,1H3,(H,24,27);2-8H,9-10,19H2,1H3. The molecule has 4 aromatic carbocycles. The average molecular weight is 838 g/mol. The van der Waals surface area contributed by atoms with E-state index in [2.05, 4.69) is 0 Å². The van der Waals surface area contributed by atoms with Gasteiger partial charge in [-0.3, -0.25) is 23.0 Å². The van der Waals surface area contributed by atoms with Crippen molar-refractivity contribution in [1.29, 1.82) is 0 Å². The van der Waals surface area contributed by atoms with Gasteiger partial charge in [-0.05, 0) is 36.4 Å². The van der Waals surface area contributed by atoms with Crippen molar-refractivity contribution < 1.29 is 53.2 Å². The average Bonchev–Trinajstić information content (AvgIpc) is 3.08. The number of para-hydroxylation sites is 2. The van der Waals surface area contributed by atoms with Gasteiger partial charge in [0.15, 0.2) is 11.6 Å². The van der Waals surface area contributed by atoms with Crippen molar-refractivity contribution >= 4 is 72.1 Å². The fourth-order valence-electron chi connectivity index (χ4n) is 4.56. The molecule has 4 rings (SSSR count). The first kappa shape index (κ1) is 43.8. The fraction of sp³-hybridized carbons (Fsp3) is 0.206. The van der Waals surface area contributed by atoms with Crippen LogP contribution in [-0.2, 0) is 37.9 Å². The van der Waals surface area contributed by atoms with Crippen LogP contribution in [0.25, 0.3) is 0 Å². The topological polar surface area (TPSA) is 164 Å². The molecule has 0 saturated carbocycles. The van der Waals surface area contributed by atoms with Gasteiger partial charge in [0.2, 0.25) is 20.0 Å². The van der Waals surface area contributed by atoms with Crippen molar-refractivity contribution in [2.75, 3.05) is 34.2 Å². The highest BCUT2D eigenvalue weighted by Gasteiger charge is 2.38. The second kappa shape index (κ2) is 18.1. The van der Waals surface area contributed by atoms with E-state index >= 15 is 0 Å². The number of sulfonamides is 2. The van der Waals surface area contributed by atoms with E-state index in [1.165, 1.54) is 35.6 Å². The maximum absolute atomic E-state index is 14.5. The molecule has 0 aliphatic heterocycles. The predicted molar refractivity (Wildman–Crippen MR) is 195 cm³/mol. The van der Waals surface area contributed by atoms with E-state index in [0.717, 1.165) is 45.4 Å². The molecular weight excluding hydrogens is 806 g/mol. The number of halogens is 7. The highest BCUT2D eigenvalue weighted by Crippen LogP contribution is 2.31. The van der Waals surface area contributed by atoms with Crippen LogP contribution in [0.5, 0.6) is 0 Å². The minimum atomic E-state index is -5.15. The maximum Gasteiger partial charge on any atom is 0.471 e. The van der Waals surface area contributed by atoms with Crippen LogP contribution in [0.15, 0.2) is 84.9 Å². The zero-order valence-electron chi connectivity index (χ0n) is 28.2. The van der Waals surface area contributed by atoms with E-state index in [4.69, 9.17) is 28.9 Å². The molecule has 4 aromatic rings. The molecule has 0 atom stereocenters. The van der Waals surface area contributed by atoms with Crippen LogP contribution in [0.1, 0.15) is 31.8 Å². The number of rotatable bonds is 13. The molecule has 0 aliphatic carbocycles. The molecule has 0 aliphatic rings. The molecule has 0 heterocycles. The Morgan fingerprint density at radius 2 is 1.07 bits per heavy atom. The Labute approximate surface area is 317 Å². The third-order valence-corrected chi connectivity index (χ3v) is 10.2. The van der Waals surface area contributed by atoms with Gasteiger partial charge >= 0.3 is 12.1 Å². The van der Waals surface area contributed by atoms with E-state index in [9.17, 15) is 53.2 Å². The molecule has 1 amide bonds. The number of carbonyl (C=O) groups excluding carboxylic acids is 3. The molecule has 3 N–H and O–H groups in total. The number of carbonyl (C=O) groups is 3. The summed E-state index contributed by atoms with van der Waals surface area (Å²) >= 11 is 12.1. The number of amides is 1. The third kappa shape index (κ3) is 11.9. The van der Waals surface area contributed by atoms with Gasteiger partial charge in [-0.1, -0.05) is 71.7 Å². The van der Waals surface area contributed by atoms with Crippen molar-refractivity contribution in [3.05, 3.63) is 129 Å². The zero-order valence-corrected chi connectivity index (χ0v) is 31.3. The summed E-state index contributed by atoms with van der Waals surface area (Å²) in [6, 6.07) is 19.3. The molecule has 290 valence electrons. The van der Waals surface area contributed by atoms with Gasteiger partial charge in [0.25, 0.3) is 0 Å². The van der Waals surface area contributed by atoms with Gasteiger partial charge in [0, 0.05) is 22.3 Å². The predicted octanol–water partition coefficient (Wildman–Crippen LogP) is 5.89. The summed E-state index contributed by atoms with van der Waals surface area (Å²) in [7, 11) is -7.54. The Hall–Kier alpha value is -4.62. The number of ketones is 2. The van der Waals surface area contributed by atoms with Crippen LogP contribution in [0, 0.1) is 11.6 Å². The second-order valence-corrected chi connectivity index (χ2v) is 15.9. The number of nitrogens with one attached hydrogen (secondary N) is 1. The number of anilines is 2. The number of nitrogens with zero attached hydrogens (tertiary/aromatic N) is 2.